The number of primary amides is 2. The molecule has 2 amide bonds. The summed E-state index contributed by atoms with van der Waals surface area (Å²) in [5.41, 5.74) is 8.50. The van der Waals surface area contributed by atoms with Crippen molar-refractivity contribution in [3.8, 4) is 0 Å². The molecule has 4 fully saturated rings. The van der Waals surface area contributed by atoms with Crippen molar-refractivity contribution < 1.29 is 4.79 Å². The van der Waals surface area contributed by atoms with Crippen LogP contribution in [0.1, 0.15) is 38.5 Å². The van der Waals surface area contributed by atoms with Gasteiger partial charge in [0.15, 0.2) is 0 Å². The average molecular weight is 196 g/mol. The molecule has 0 saturated heterocycles. The number of carbonyl (C=O) groups is 1. The first-order chi connectivity index (χ1) is 6.63. The van der Waals surface area contributed by atoms with Gasteiger partial charge in [-0.25, -0.2) is 4.79 Å². The van der Waals surface area contributed by atoms with Gasteiger partial charge >= 0.3 is 6.03 Å². The Kier molecular flexibility index (Phi) is 2.66. The van der Waals surface area contributed by atoms with Crippen molar-refractivity contribution in [3.05, 3.63) is 0 Å². The van der Waals surface area contributed by atoms with Gasteiger partial charge in [0.25, 0.3) is 0 Å². The molecule has 80 valence electrons. The van der Waals surface area contributed by atoms with Gasteiger partial charge in [0.1, 0.15) is 0 Å². The SMILES string of the molecule is C1C2CC3CC1CC(C2)C3.NC(N)=O. The molecule has 0 aromatic rings. The van der Waals surface area contributed by atoms with Crippen LogP contribution in [0.15, 0.2) is 0 Å². The molecule has 4 rings (SSSR count). The highest BCUT2D eigenvalue weighted by atomic mass is 16.2. The summed E-state index contributed by atoms with van der Waals surface area (Å²) in [7, 11) is 0. The molecule has 0 aromatic carbocycles. The van der Waals surface area contributed by atoms with E-state index in [-0.39, 0.29) is 0 Å². The number of carbonyl (C=O) groups excluding carboxylic acids is 1. The van der Waals surface area contributed by atoms with E-state index in [1.54, 1.807) is 38.5 Å². The van der Waals surface area contributed by atoms with Gasteiger partial charge in [0.05, 0.1) is 0 Å². The van der Waals surface area contributed by atoms with E-state index >= 15 is 0 Å². The Balaban J connectivity index is 0.000000165. The molecule has 4 bridgehead atoms. The van der Waals surface area contributed by atoms with Gasteiger partial charge in [0.2, 0.25) is 0 Å². The van der Waals surface area contributed by atoms with E-state index in [1.807, 2.05) is 0 Å². The molecule has 3 nitrogen and oxygen atoms in total. The molecule has 4 aliphatic carbocycles. The van der Waals surface area contributed by atoms with Crippen LogP contribution in [0.2, 0.25) is 0 Å². The van der Waals surface area contributed by atoms with Gasteiger partial charge < -0.3 is 11.5 Å². The van der Waals surface area contributed by atoms with Crippen LogP contribution in [0, 0.1) is 23.7 Å². The monoisotopic (exact) mass is 196 g/mol. The fraction of sp³-hybridized carbons (Fsp3) is 0.909. The first-order valence-corrected chi connectivity index (χ1v) is 5.68. The standard InChI is InChI=1S/C10H16.CH4N2O/c1-7-2-9-4-8(1)5-10(3-7)6-9;2-1(3)4/h7-10H,1-6H2;(H4,2,3,4). The molecule has 3 heteroatoms. The van der Waals surface area contributed by atoms with Crippen molar-refractivity contribution in [1.82, 2.24) is 0 Å². The highest BCUT2D eigenvalue weighted by molar-refractivity contribution is 5.69. The second-order valence-electron chi connectivity index (χ2n) is 5.28. The number of hydrogen-bond acceptors (Lipinski definition) is 1. The Morgan fingerprint density at radius 1 is 0.714 bits per heavy atom. The number of rotatable bonds is 0. The molecule has 0 unspecified atom stereocenters. The zero-order valence-electron chi connectivity index (χ0n) is 8.61. The lowest BCUT2D eigenvalue weighted by Gasteiger charge is -2.49. The molecule has 0 heterocycles. The molecule has 4 aliphatic rings. The number of urea groups is 1. The van der Waals surface area contributed by atoms with Crippen molar-refractivity contribution in [2.24, 2.45) is 35.1 Å². The first-order valence-electron chi connectivity index (χ1n) is 5.68. The maximum atomic E-state index is 9.00. The summed E-state index contributed by atoms with van der Waals surface area (Å²) < 4.78 is 0. The molecule has 4 saturated carbocycles. The Morgan fingerprint density at radius 2 is 0.857 bits per heavy atom. The zero-order valence-corrected chi connectivity index (χ0v) is 8.61. The van der Waals surface area contributed by atoms with Crippen molar-refractivity contribution in [2.75, 3.05) is 0 Å². The van der Waals surface area contributed by atoms with Crippen LogP contribution in [-0.4, -0.2) is 6.03 Å². The Labute approximate surface area is 85.2 Å². The Bertz CT molecular complexity index is 167. The summed E-state index contributed by atoms with van der Waals surface area (Å²) in [6.07, 6.45) is 9.62. The average Bonchev–Trinajstić information content (AvgIpc) is 1.98. The summed E-state index contributed by atoms with van der Waals surface area (Å²) >= 11 is 0. The molecule has 4 N–H and O–H groups in total. The van der Waals surface area contributed by atoms with Crippen LogP contribution < -0.4 is 11.5 Å². The lowest BCUT2D eigenvalue weighted by Crippen LogP contribution is -2.38. The van der Waals surface area contributed by atoms with Gasteiger partial charge in [-0.3, -0.25) is 0 Å². The van der Waals surface area contributed by atoms with Gasteiger partial charge in [-0.2, -0.15) is 0 Å². The maximum Gasteiger partial charge on any atom is 0.309 e. The third-order valence-corrected chi connectivity index (χ3v) is 4.00. The molecule has 14 heavy (non-hydrogen) atoms. The van der Waals surface area contributed by atoms with Crippen molar-refractivity contribution >= 4 is 6.03 Å². The molecule has 0 atom stereocenters. The molecular formula is C11H20N2O. The van der Waals surface area contributed by atoms with Gasteiger partial charge in [-0.1, -0.05) is 0 Å². The van der Waals surface area contributed by atoms with Crippen molar-refractivity contribution in [3.63, 3.8) is 0 Å². The highest BCUT2D eigenvalue weighted by Gasteiger charge is 2.41. The fourth-order valence-electron chi connectivity index (χ4n) is 3.98. The molecule has 0 aliphatic heterocycles. The van der Waals surface area contributed by atoms with Crippen LogP contribution in [0.4, 0.5) is 4.79 Å². The minimum Gasteiger partial charge on any atom is -0.352 e. The highest BCUT2D eigenvalue weighted by Crippen LogP contribution is 2.53. The predicted molar refractivity (Wildman–Crippen MR) is 55.4 cm³/mol. The lowest BCUT2D eigenvalue weighted by atomic mass is 9.56. The third kappa shape index (κ3) is 2.20. The van der Waals surface area contributed by atoms with Crippen LogP contribution >= 0.6 is 0 Å². The lowest BCUT2D eigenvalue weighted by molar-refractivity contribution is 0.0198. The van der Waals surface area contributed by atoms with E-state index in [0.29, 0.717) is 0 Å². The Hall–Kier alpha value is -0.730. The van der Waals surface area contributed by atoms with Crippen LogP contribution in [-0.2, 0) is 0 Å². The quantitative estimate of drug-likeness (QED) is 0.610. The van der Waals surface area contributed by atoms with E-state index in [0.717, 1.165) is 0 Å². The molecule has 0 spiro atoms. The number of hydrogen-bond donors (Lipinski definition) is 2. The van der Waals surface area contributed by atoms with Crippen molar-refractivity contribution in [2.45, 2.75) is 38.5 Å². The third-order valence-electron chi connectivity index (χ3n) is 4.00. The maximum absolute atomic E-state index is 9.00. The topological polar surface area (TPSA) is 69.1 Å². The number of amides is 2. The van der Waals surface area contributed by atoms with Crippen molar-refractivity contribution in [1.29, 1.82) is 0 Å². The predicted octanol–water partition coefficient (Wildman–Crippen LogP) is 1.86. The van der Waals surface area contributed by atoms with E-state index in [2.05, 4.69) is 11.5 Å². The summed E-state index contributed by atoms with van der Waals surface area (Å²) in [6, 6.07) is -0.833. The minimum absolute atomic E-state index is 0.833. The normalized spacial score (nSPS) is 42.9. The number of nitrogens with two attached hydrogens (primary N) is 2. The first kappa shape index (κ1) is 9.81. The van der Waals surface area contributed by atoms with Gasteiger partial charge in [-0.15, -0.1) is 0 Å². The van der Waals surface area contributed by atoms with Crippen LogP contribution in [0.3, 0.4) is 0 Å². The van der Waals surface area contributed by atoms with E-state index in [9.17, 15) is 0 Å². The molecule has 0 aromatic heterocycles. The summed E-state index contributed by atoms with van der Waals surface area (Å²) in [5.74, 6) is 4.71. The summed E-state index contributed by atoms with van der Waals surface area (Å²) in [4.78, 5) is 9.00. The summed E-state index contributed by atoms with van der Waals surface area (Å²) in [5, 5.41) is 0. The van der Waals surface area contributed by atoms with Crippen LogP contribution in [0.25, 0.3) is 0 Å². The fourth-order valence-corrected chi connectivity index (χ4v) is 3.98. The van der Waals surface area contributed by atoms with E-state index in [1.165, 1.54) is 23.7 Å². The van der Waals surface area contributed by atoms with Gasteiger partial charge in [-0.05, 0) is 62.2 Å². The minimum atomic E-state index is -0.833. The summed E-state index contributed by atoms with van der Waals surface area (Å²) in [6.45, 7) is 0. The van der Waals surface area contributed by atoms with Crippen LogP contribution in [0.5, 0.6) is 0 Å². The zero-order chi connectivity index (χ0) is 10.1. The second kappa shape index (κ2) is 3.79. The van der Waals surface area contributed by atoms with Gasteiger partial charge in [0, 0.05) is 0 Å². The Morgan fingerprint density at radius 3 is 1.00 bits per heavy atom. The largest absolute Gasteiger partial charge is 0.352 e. The van der Waals surface area contributed by atoms with E-state index in [4.69, 9.17) is 4.79 Å². The smallest absolute Gasteiger partial charge is 0.309 e. The van der Waals surface area contributed by atoms with E-state index < -0.39 is 6.03 Å². The molecular weight excluding hydrogens is 176 g/mol. The second-order valence-corrected chi connectivity index (χ2v) is 5.28. The molecule has 0 radical (unpaired) electrons.